The lowest BCUT2D eigenvalue weighted by Gasteiger charge is -2.10. The molecule has 1 aromatic heterocycles. The van der Waals surface area contributed by atoms with Gasteiger partial charge in [0.05, 0.1) is 18.7 Å². The summed E-state index contributed by atoms with van der Waals surface area (Å²) in [6.45, 7) is 0. The van der Waals surface area contributed by atoms with Crippen molar-refractivity contribution in [3.63, 3.8) is 0 Å². The Kier molecular flexibility index (Phi) is 3.85. The number of furan rings is 1. The summed E-state index contributed by atoms with van der Waals surface area (Å²) in [6.07, 6.45) is 0. The number of carbonyl (C=O) groups is 1. The molecule has 0 aliphatic rings. The number of nitrogens with zero attached hydrogens (tertiary/aromatic N) is 2. The number of rotatable bonds is 4. The fourth-order valence-electron chi connectivity index (χ4n) is 1.65. The van der Waals surface area contributed by atoms with Crippen molar-refractivity contribution < 1.29 is 18.9 Å². The molecule has 8 heteroatoms. The molecule has 0 fully saturated rings. The van der Waals surface area contributed by atoms with Gasteiger partial charge < -0.3 is 14.5 Å². The average molecular weight is 287 g/mol. The van der Waals surface area contributed by atoms with Gasteiger partial charge >= 0.3 is 5.88 Å². The highest BCUT2D eigenvalue weighted by molar-refractivity contribution is 6.04. The number of hydrogen-bond acceptors (Lipinski definition) is 6. The Hall–Kier alpha value is -3.34. The number of para-hydroxylation sites is 1. The van der Waals surface area contributed by atoms with Gasteiger partial charge in [-0.25, -0.2) is 0 Å². The van der Waals surface area contributed by atoms with Gasteiger partial charge in [-0.05, 0) is 18.2 Å². The molecule has 1 aromatic carbocycles. The number of nitrogens with one attached hydrogen (secondary N) is 1. The number of nitriles is 1. The van der Waals surface area contributed by atoms with Gasteiger partial charge in [0.1, 0.15) is 22.4 Å². The van der Waals surface area contributed by atoms with E-state index in [0.717, 1.165) is 6.07 Å². The van der Waals surface area contributed by atoms with E-state index in [4.69, 9.17) is 14.4 Å². The molecular weight excluding hydrogens is 278 g/mol. The maximum atomic E-state index is 12.0. The molecule has 2 aromatic rings. The molecule has 1 N–H and O–H groups in total. The number of hydrogen-bond donors (Lipinski definition) is 1. The Bertz CT molecular complexity index is 745. The Morgan fingerprint density at radius 1 is 1.43 bits per heavy atom. The highest BCUT2D eigenvalue weighted by Gasteiger charge is 2.19. The van der Waals surface area contributed by atoms with E-state index < -0.39 is 16.7 Å². The van der Waals surface area contributed by atoms with Gasteiger partial charge in [0, 0.05) is 0 Å². The van der Waals surface area contributed by atoms with E-state index >= 15 is 0 Å². The molecule has 0 aliphatic heterocycles. The summed E-state index contributed by atoms with van der Waals surface area (Å²) in [5, 5.41) is 22.0. The van der Waals surface area contributed by atoms with Gasteiger partial charge in [-0.2, -0.15) is 5.26 Å². The first-order chi connectivity index (χ1) is 10.1. The third-order valence-corrected chi connectivity index (χ3v) is 2.60. The van der Waals surface area contributed by atoms with Crippen molar-refractivity contribution in [2.24, 2.45) is 0 Å². The molecule has 1 heterocycles. The summed E-state index contributed by atoms with van der Waals surface area (Å²) in [5.41, 5.74) is 0.371. The average Bonchev–Trinajstić information content (AvgIpc) is 2.97. The Labute approximate surface area is 118 Å². The minimum absolute atomic E-state index is 0.173. The molecule has 1 amide bonds. The van der Waals surface area contributed by atoms with E-state index in [-0.39, 0.29) is 17.0 Å². The zero-order valence-electron chi connectivity index (χ0n) is 10.8. The first-order valence-electron chi connectivity index (χ1n) is 5.69. The van der Waals surface area contributed by atoms with E-state index in [0.29, 0.717) is 5.75 Å². The molecule has 0 saturated heterocycles. The summed E-state index contributed by atoms with van der Waals surface area (Å²) >= 11 is 0. The van der Waals surface area contributed by atoms with E-state index in [1.807, 2.05) is 6.07 Å². The van der Waals surface area contributed by atoms with Crippen molar-refractivity contribution in [3.05, 3.63) is 51.8 Å². The molecular formula is C13H9N3O5. The highest BCUT2D eigenvalue weighted by Crippen LogP contribution is 2.28. The van der Waals surface area contributed by atoms with E-state index in [1.165, 1.54) is 19.2 Å². The van der Waals surface area contributed by atoms with Gasteiger partial charge in [-0.15, -0.1) is 0 Å². The van der Waals surface area contributed by atoms with Crippen LogP contribution in [0.5, 0.6) is 5.75 Å². The van der Waals surface area contributed by atoms with Crippen LogP contribution in [0, 0.1) is 21.4 Å². The van der Waals surface area contributed by atoms with Crippen molar-refractivity contribution in [2.45, 2.75) is 0 Å². The minimum Gasteiger partial charge on any atom is -0.495 e. The van der Waals surface area contributed by atoms with E-state index in [2.05, 4.69) is 5.32 Å². The number of carbonyl (C=O) groups excluding carboxylic acids is 1. The van der Waals surface area contributed by atoms with Crippen molar-refractivity contribution >= 4 is 17.5 Å². The lowest BCUT2D eigenvalue weighted by molar-refractivity contribution is -0.402. The second kappa shape index (κ2) is 5.75. The van der Waals surface area contributed by atoms with Crippen molar-refractivity contribution in [1.82, 2.24) is 0 Å². The van der Waals surface area contributed by atoms with Crippen LogP contribution in [0.2, 0.25) is 0 Å². The summed E-state index contributed by atoms with van der Waals surface area (Å²) in [4.78, 5) is 21.8. The molecule has 0 bridgehead atoms. The van der Waals surface area contributed by atoms with Gasteiger partial charge in [-0.3, -0.25) is 14.9 Å². The number of ether oxygens (including phenoxy) is 1. The lowest BCUT2D eigenvalue weighted by Crippen LogP contribution is -2.13. The molecule has 106 valence electrons. The van der Waals surface area contributed by atoms with Crippen LogP contribution in [-0.2, 0) is 0 Å². The molecule has 0 unspecified atom stereocenters. The van der Waals surface area contributed by atoms with Crippen LogP contribution in [0.3, 0.4) is 0 Å². The molecule has 0 atom stereocenters. The largest absolute Gasteiger partial charge is 0.495 e. The molecule has 8 nitrogen and oxygen atoms in total. The normalized spacial score (nSPS) is 9.71. The summed E-state index contributed by atoms with van der Waals surface area (Å²) < 4.78 is 9.85. The van der Waals surface area contributed by atoms with Crippen LogP contribution >= 0.6 is 0 Å². The van der Waals surface area contributed by atoms with E-state index in [9.17, 15) is 14.9 Å². The lowest BCUT2D eigenvalue weighted by atomic mass is 10.1. The summed E-state index contributed by atoms with van der Waals surface area (Å²) in [5.74, 6) is -1.20. The molecule has 0 spiro atoms. The van der Waals surface area contributed by atoms with Gasteiger partial charge in [0.2, 0.25) is 0 Å². The smallest absolute Gasteiger partial charge is 0.433 e. The number of anilines is 1. The van der Waals surface area contributed by atoms with E-state index in [1.54, 1.807) is 12.1 Å². The molecule has 0 radical (unpaired) electrons. The fraction of sp³-hybridized carbons (Fsp3) is 0.0769. The quantitative estimate of drug-likeness (QED) is 0.680. The molecule has 0 saturated carbocycles. The first kappa shape index (κ1) is 14.1. The minimum atomic E-state index is -0.749. The fourth-order valence-corrected chi connectivity index (χ4v) is 1.65. The second-order valence-electron chi connectivity index (χ2n) is 3.84. The first-order valence-corrected chi connectivity index (χ1v) is 5.69. The van der Waals surface area contributed by atoms with Crippen molar-refractivity contribution in [3.8, 4) is 11.8 Å². The van der Waals surface area contributed by atoms with Gasteiger partial charge in [-0.1, -0.05) is 6.07 Å². The maximum absolute atomic E-state index is 12.0. The van der Waals surface area contributed by atoms with Crippen LogP contribution in [-0.4, -0.2) is 17.9 Å². The third-order valence-electron chi connectivity index (χ3n) is 2.60. The van der Waals surface area contributed by atoms with Crippen molar-refractivity contribution in [2.75, 3.05) is 12.4 Å². The third kappa shape index (κ3) is 2.82. The zero-order valence-corrected chi connectivity index (χ0v) is 10.8. The van der Waals surface area contributed by atoms with Crippen LogP contribution < -0.4 is 10.1 Å². The molecule has 0 aliphatic carbocycles. The predicted molar refractivity (Wildman–Crippen MR) is 71.0 cm³/mol. The number of benzene rings is 1. The summed E-state index contributed by atoms with van der Waals surface area (Å²) in [7, 11) is 1.39. The molecule has 21 heavy (non-hydrogen) atoms. The van der Waals surface area contributed by atoms with Crippen molar-refractivity contribution in [1.29, 1.82) is 5.26 Å². The SMILES string of the molecule is COc1cccc(C#N)c1NC(=O)c1ccc([N+](=O)[O-])o1. The topological polar surface area (TPSA) is 118 Å². The van der Waals surface area contributed by atoms with Gasteiger partial charge in [0.15, 0.2) is 5.76 Å². The van der Waals surface area contributed by atoms with Gasteiger partial charge in [0.25, 0.3) is 5.91 Å². The monoisotopic (exact) mass is 287 g/mol. The van der Waals surface area contributed by atoms with Crippen LogP contribution in [0.1, 0.15) is 16.1 Å². The van der Waals surface area contributed by atoms with Crippen LogP contribution in [0.4, 0.5) is 11.6 Å². The number of amides is 1. The second-order valence-corrected chi connectivity index (χ2v) is 3.84. The molecule has 2 rings (SSSR count). The number of nitro groups is 1. The highest BCUT2D eigenvalue weighted by atomic mass is 16.6. The standard InChI is InChI=1S/C13H9N3O5/c1-20-9-4-2-3-8(7-14)12(9)15-13(17)10-5-6-11(21-10)16(18)19/h2-6H,1H3,(H,15,17). The van der Waals surface area contributed by atoms with Crippen LogP contribution in [0.15, 0.2) is 34.7 Å². The zero-order chi connectivity index (χ0) is 15.4. The number of methoxy groups -OCH3 is 1. The Morgan fingerprint density at radius 3 is 2.76 bits per heavy atom. The summed E-state index contributed by atoms with van der Waals surface area (Å²) in [6, 6.07) is 8.84. The Morgan fingerprint density at radius 2 is 2.19 bits per heavy atom. The Balaban J connectivity index is 2.31. The predicted octanol–water partition coefficient (Wildman–Crippen LogP) is 2.32. The van der Waals surface area contributed by atoms with Crippen LogP contribution in [0.25, 0.3) is 0 Å². The maximum Gasteiger partial charge on any atom is 0.433 e.